The maximum absolute atomic E-state index is 12.0. The summed E-state index contributed by atoms with van der Waals surface area (Å²) in [5, 5.41) is 0.700. The van der Waals surface area contributed by atoms with Crippen LogP contribution in [0.15, 0.2) is 18.2 Å². The highest BCUT2D eigenvalue weighted by Crippen LogP contribution is 2.17. The SMILES string of the molecule is CCN(CC)C(=O)c1ccc(Cl)c(C)c1. The summed E-state index contributed by atoms with van der Waals surface area (Å²) in [5.41, 5.74) is 1.65. The highest BCUT2D eigenvalue weighted by Gasteiger charge is 2.12. The van der Waals surface area contributed by atoms with E-state index in [1.807, 2.05) is 26.8 Å². The van der Waals surface area contributed by atoms with Gasteiger partial charge in [-0.05, 0) is 44.5 Å². The van der Waals surface area contributed by atoms with Gasteiger partial charge in [0.05, 0.1) is 0 Å². The fourth-order valence-electron chi connectivity index (χ4n) is 1.47. The molecule has 1 aromatic rings. The molecule has 2 nitrogen and oxygen atoms in total. The van der Waals surface area contributed by atoms with Crippen LogP contribution in [-0.4, -0.2) is 23.9 Å². The summed E-state index contributed by atoms with van der Waals surface area (Å²) in [6, 6.07) is 5.38. The molecule has 82 valence electrons. The smallest absolute Gasteiger partial charge is 0.253 e. The van der Waals surface area contributed by atoms with Crippen LogP contribution in [-0.2, 0) is 0 Å². The zero-order valence-electron chi connectivity index (χ0n) is 9.38. The molecule has 0 unspecified atom stereocenters. The molecule has 0 aliphatic rings. The van der Waals surface area contributed by atoms with Gasteiger partial charge in [0.1, 0.15) is 0 Å². The van der Waals surface area contributed by atoms with E-state index in [-0.39, 0.29) is 5.91 Å². The van der Waals surface area contributed by atoms with Crippen LogP contribution in [0.4, 0.5) is 0 Å². The molecule has 0 fully saturated rings. The average molecular weight is 226 g/mol. The molecule has 15 heavy (non-hydrogen) atoms. The van der Waals surface area contributed by atoms with Gasteiger partial charge in [0.15, 0.2) is 0 Å². The third-order valence-corrected chi connectivity index (χ3v) is 2.88. The first-order chi connectivity index (χ1) is 7.10. The number of carbonyl (C=O) groups is 1. The van der Waals surface area contributed by atoms with Gasteiger partial charge in [-0.25, -0.2) is 0 Å². The second-order valence-electron chi connectivity index (χ2n) is 3.44. The van der Waals surface area contributed by atoms with Crippen molar-refractivity contribution in [3.8, 4) is 0 Å². The van der Waals surface area contributed by atoms with Gasteiger partial charge >= 0.3 is 0 Å². The number of halogens is 1. The fourth-order valence-corrected chi connectivity index (χ4v) is 1.59. The molecule has 3 heteroatoms. The van der Waals surface area contributed by atoms with E-state index in [0.717, 1.165) is 18.7 Å². The van der Waals surface area contributed by atoms with Crippen LogP contribution in [0.5, 0.6) is 0 Å². The Morgan fingerprint density at radius 3 is 2.40 bits per heavy atom. The van der Waals surface area contributed by atoms with E-state index in [0.29, 0.717) is 10.6 Å². The highest BCUT2D eigenvalue weighted by atomic mass is 35.5. The van der Waals surface area contributed by atoms with E-state index in [1.54, 1.807) is 17.0 Å². The number of hydrogen-bond acceptors (Lipinski definition) is 1. The highest BCUT2D eigenvalue weighted by molar-refractivity contribution is 6.31. The van der Waals surface area contributed by atoms with Crippen molar-refractivity contribution in [1.82, 2.24) is 4.90 Å². The molecular weight excluding hydrogens is 210 g/mol. The Morgan fingerprint density at radius 2 is 1.93 bits per heavy atom. The molecule has 0 atom stereocenters. The van der Waals surface area contributed by atoms with E-state index >= 15 is 0 Å². The van der Waals surface area contributed by atoms with Gasteiger partial charge in [0.2, 0.25) is 0 Å². The normalized spacial score (nSPS) is 10.1. The summed E-state index contributed by atoms with van der Waals surface area (Å²) < 4.78 is 0. The molecule has 0 saturated carbocycles. The van der Waals surface area contributed by atoms with Crippen molar-refractivity contribution in [3.63, 3.8) is 0 Å². The van der Waals surface area contributed by atoms with Crippen LogP contribution in [0, 0.1) is 6.92 Å². The van der Waals surface area contributed by atoms with Gasteiger partial charge in [0.25, 0.3) is 5.91 Å². The second-order valence-corrected chi connectivity index (χ2v) is 3.85. The second kappa shape index (κ2) is 5.17. The minimum absolute atomic E-state index is 0.0692. The summed E-state index contributed by atoms with van der Waals surface area (Å²) in [6.07, 6.45) is 0. The van der Waals surface area contributed by atoms with Crippen molar-refractivity contribution >= 4 is 17.5 Å². The lowest BCUT2D eigenvalue weighted by atomic mass is 10.1. The van der Waals surface area contributed by atoms with Gasteiger partial charge in [-0.2, -0.15) is 0 Å². The van der Waals surface area contributed by atoms with Gasteiger partial charge < -0.3 is 4.90 Å². The quantitative estimate of drug-likeness (QED) is 0.774. The van der Waals surface area contributed by atoms with E-state index < -0.39 is 0 Å². The molecule has 1 aromatic carbocycles. The van der Waals surface area contributed by atoms with Crippen LogP contribution in [0.2, 0.25) is 5.02 Å². The Kier molecular flexibility index (Phi) is 4.15. The summed E-state index contributed by atoms with van der Waals surface area (Å²) in [5.74, 6) is 0.0692. The third kappa shape index (κ3) is 2.72. The van der Waals surface area contributed by atoms with Gasteiger partial charge in [-0.3, -0.25) is 4.79 Å². The summed E-state index contributed by atoms with van der Waals surface area (Å²) in [6.45, 7) is 7.32. The Balaban J connectivity index is 2.96. The standard InChI is InChI=1S/C12H16ClNO/c1-4-14(5-2)12(15)10-6-7-11(13)9(3)8-10/h6-8H,4-5H2,1-3H3. The van der Waals surface area contributed by atoms with Crippen LogP contribution in [0.1, 0.15) is 29.8 Å². The van der Waals surface area contributed by atoms with E-state index in [4.69, 9.17) is 11.6 Å². The molecule has 0 aliphatic heterocycles. The predicted molar refractivity (Wildman–Crippen MR) is 63.4 cm³/mol. The van der Waals surface area contributed by atoms with Crippen molar-refractivity contribution in [1.29, 1.82) is 0 Å². The fraction of sp³-hybridized carbons (Fsp3) is 0.417. The molecule has 0 radical (unpaired) electrons. The third-order valence-electron chi connectivity index (χ3n) is 2.46. The van der Waals surface area contributed by atoms with Crippen LogP contribution in [0.3, 0.4) is 0 Å². The molecule has 0 heterocycles. The number of benzene rings is 1. The summed E-state index contributed by atoms with van der Waals surface area (Å²) in [7, 11) is 0. The van der Waals surface area contributed by atoms with Crippen molar-refractivity contribution in [3.05, 3.63) is 34.3 Å². The first kappa shape index (κ1) is 12.1. The Morgan fingerprint density at radius 1 is 1.33 bits per heavy atom. The van der Waals surface area contributed by atoms with Crippen LogP contribution in [0.25, 0.3) is 0 Å². The molecule has 0 bridgehead atoms. The van der Waals surface area contributed by atoms with Gasteiger partial charge in [0, 0.05) is 23.7 Å². The summed E-state index contributed by atoms with van der Waals surface area (Å²) >= 11 is 5.91. The zero-order chi connectivity index (χ0) is 11.4. The zero-order valence-corrected chi connectivity index (χ0v) is 10.1. The van der Waals surface area contributed by atoms with E-state index in [2.05, 4.69) is 0 Å². The number of nitrogens with zero attached hydrogens (tertiary/aromatic N) is 1. The first-order valence-corrected chi connectivity index (χ1v) is 5.53. The molecule has 1 rings (SSSR count). The van der Waals surface area contributed by atoms with E-state index in [9.17, 15) is 4.79 Å². The lowest BCUT2D eigenvalue weighted by molar-refractivity contribution is 0.0773. The van der Waals surface area contributed by atoms with Crippen molar-refractivity contribution < 1.29 is 4.79 Å². The maximum atomic E-state index is 12.0. The number of amides is 1. The Labute approximate surface area is 95.8 Å². The van der Waals surface area contributed by atoms with Crippen LogP contribution >= 0.6 is 11.6 Å². The van der Waals surface area contributed by atoms with Crippen molar-refractivity contribution in [2.24, 2.45) is 0 Å². The Hall–Kier alpha value is -1.02. The van der Waals surface area contributed by atoms with Crippen molar-refractivity contribution in [2.75, 3.05) is 13.1 Å². The summed E-state index contributed by atoms with van der Waals surface area (Å²) in [4.78, 5) is 13.7. The molecule has 0 saturated heterocycles. The molecule has 0 aliphatic carbocycles. The predicted octanol–water partition coefficient (Wildman–Crippen LogP) is 3.13. The number of hydrogen-bond donors (Lipinski definition) is 0. The monoisotopic (exact) mass is 225 g/mol. The molecule has 0 N–H and O–H groups in total. The first-order valence-electron chi connectivity index (χ1n) is 5.15. The number of aryl methyl sites for hydroxylation is 1. The largest absolute Gasteiger partial charge is 0.339 e. The molecular formula is C12H16ClNO. The lowest BCUT2D eigenvalue weighted by Gasteiger charge is -2.18. The molecule has 0 aromatic heterocycles. The van der Waals surface area contributed by atoms with Gasteiger partial charge in [-0.15, -0.1) is 0 Å². The van der Waals surface area contributed by atoms with E-state index in [1.165, 1.54) is 0 Å². The van der Waals surface area contributed by atoms with Crippen LogP contribution < -0.4 is 0 Å². The maximum Gasteiger partial charge on any atom is 0.253 e. The minimum Gasteiger partial charge on any atom is -0.339 e. The molecule has 1 amide bonds. The topological polar surface area (TPSA) is 20.3 Å². The molecule has 0 spiro atoms. The average Bonchev–Trinajstić information content (AvgIpc) is 2.23. The van der Waals surface area contributed by atoms with Crippen molar-refractivity contribution in [2.45, 2.75) is 20.8 Å². The Bertz CT molecular complexity index is 359. The van der Waals surface area contributed by atoms with Gasteiger partial charge in [-0.1, -0.05) is 11.6 Å². The number of carbonyl (C=O) groups excluding carboxylic acids is 1. The minimum atomic E-state index is 0.0692. The lowest BCUT2D eigenvalue weighted by Crippen LogP contribution is -2.30. The number of rotatable bonds is 3.